The first-order chi connectivity index (χ1) is 13.5. The first-order valence-electron chi connectivity index (χ1n) is 8.51. The number of thiophene rings is 1. The molecule has 6 nitrogen and oxygen atoms in total. The number of carbonyl (C=O) groups is 1. The van der Waals surface area contributed by atoms with Crippen molar-refractivity contribution in [2.24, 2.45) is 0 Å². The summed E-state index contributed by atoms with van der Waals surface area (Å²) in [4.78, 5) is 13.5. The van der Waals surface area contributed by atoms with Gasteiger partial charge in [0.25, 0.3) is 0 Å². The Labute approximate surface area is 165 Å². The Hall–Kier alpha value is -3.13. The summed E-state index contributed by atoms with van der Waals surface area (Å²) in [6, 6.07) is 13.5. The number of rotatable bonds is 5. The molecule has 4 rings (SSSR count). The maximum absolute atomic E-state index is 12.5. The van der Waals surface area contributed by atoms with Crippen LogP contribution in [0.15, 0.2) is 59.7 Å². The second-order valence-electron chi connectivity index (χ2n) is 6.29. The van der Waals surface area contributed by atoms with E-state index in [1.165, 1.54) is 12.1 Å². The fraction of sp³-hybridized carbons (Fsp3) is 0.0952. The number of Topliss-reactive ketones (excluding diaryl/α,β-unsaturated/α-hetero) is 1. The molecular formula is C21H16NO5S-. The molecule has 0 saturated heterocycles. The third-order valence-corrected chi connectivity index (χ3v) is 5.33. The van der Waals surface area contributed by atoms with E-state index in [9.17, 15) is 10.0 Å². The highest BCUT2D eigenvalue weighted by atomic mass is 32.1. The van der Waals surface area contributed by atoms with Crippen LogP contribution in [0.2, 0.25) is 0 Å². The quantitative estimate of drug-likeness (QED) is 0.487. The number of carbonyl (C=O) groups excluding carboxylic acids is 1. The van der Waals surface area contributed by atoms with E-state index in [-0.39, 0.29) is 23.3 Å². The average molecular weight is 394 g/mol. The number of hydrogen-bond donors (Lipinski definition) is 1. The van der Waals surface area contributed by atoms with Gasteiger partial charge in [-0.1, -0.05) is 12.1 Å². The van der Waals surface area contributed by atoms with E-state index in [1.54, 1.807) is 47.7 Å². The second-order valence-corrected chi connectivity index (χ2v) is 7.24. The lowest BCUT2D eigenvalue weighted by Gasteiger charge is -2.21. The van der Waals surface area contributed by atoms with Gasteiger partial charge in [-0.2, -0.15) is 0 Å². The minimum absolute atomic E-state index is 0.142. The molecule has 1 aromatic heterocycles. The average Bonchev–Trinajstić information content (AvgIpc) is 3.23. The lowest BCUT2D eigenvalue weighted by atomic mass is 10.1. The highest BCUT2D eigenvalue weighted by Crippen LogP contribution is 2.35. The number of ketones is 1. The molecule has 7 heteroatoms. The molecule has 0 fully saturated rings. The van der Waals surface area contributed by atoms with Gasteiger partial charge in [-0.3, -0.25) is 10.0 Å². The van der Waals surface area contributed by atoms with Gasteiger partial charge in [0, 0.05) is 17.0 Å². The largest absolute Gasteiger partial charge is 0.733 e. The lowest BCUT2D eigenvalue weighted by molar-refractivity contribution is 0.101. The first-order valence-corrected chi connectivity index (χ1v) is 9.39. The van der Waals surface area contributed by atoms with Crippen LogP contribution in [-0.4, -0.2) is 11.0 Å². The van der Waals surface area contributed by atoms with Crippen molar-refractivity contribution < 1.29 is 19.5 Å². The molecular weight excluding hydrogens is 378 g/mol. The Balaban J connectivity index is 1.47. The zero-order valence-electron chi connectivity index (χ0n) is 14.9. The number of benzene rings is 2. The molecule has 0 saturated carbocycles. The van der Waals surface area contributed by atoms with Gasteiger partial charge in [0.2, 0.25) is 5.78 Å². The standard InChI is InChI=1S/C21H16NO5S/c1-13-8-9-28-20(13)11-19-21(23)17-7-6-16(10-18(17)27-19)26-12-14-2-4-15(5-3-14)22(24)25/h2-11,24H,12H2,1H3/q-1. The molecule has 0 spiro atoms. The van der Waals surface area contributed by atoms with Crippen molar-refractivity contribution in [2.75, 3.05) is 5.23 Å². The third kappa shape index (κ3) is 3.63. The molecule has 0 aliphatic carbocycles. The van der Waals surface area contributed by atoms with Crippen molar-refractivity contribution in [3.8, 4) is 11.5 Å². The van der Waals surface area contributed by atoms with E-state index in [4.69, 9.17) is 14.7 Å². The van der Waals surface area contributed by atoms with E-state index < -0.39 is 0 Å². The Morgan fingerprint density at radius 3 is 2.68 bits per heavy atom. The van der Waals surface area contributed by atoms with Crippen molar-refractivity contribution in [3.05, 3.63) is 86.4 Å². The molecule has 0 radical (unpaired) electrons. The SMILES string of the molecule is Cc1ccsc1C=C1Oc2cc(OCc3ccc(N([O-])O)cc3)ccc2C1=O. The summed E-state index contributed by atoms with van der Waals surface area (Å²) in [6.07, 6.45) is 1.77. The van der Waals surface area contributed by atoms with Crippen LogP contribution in [0, 0.1) is 12.1 Å². The van der Waals surface area contributed by atoms with Crippen molar-refractivity contribution in [1.29, 1.82) is 0 Å². The fourth-order valence-corrected chi connectivity index (χ4v) is 3.64. The van der Waals surface area contributed by atoms with Gasteiger partial charge in [0.15, 0.2) is 5.76 Å². The fourth-order valence-electron chi connectivity index (χ4n) is 2.79. The number of ether oxygens (including phenoxy) is 2. The molecule has 0 unspecified atom stereocenters. The summed E-state index contributed by atoms with van der Waals surface area (Å²) in [5.41, 5.74) is 2.59. The van der Waals surface area contributed by atoms with Crippen LogP contribution in [0.25, 0.3) is 6.08 Å². The summed E-state index contributed by atoms with van der Waals surface area (Å²) in [7, 11) is 0. The van der Waals surface area contributed by atoms with E-state index in [0.29, 0.717) is 22.8 Å². The zero-order chi connectivity index (χ0) is 19.7. The minimum Gasteiger partial charge on any atom is -0.733 e. The Morgan fingerprint density at radius 1 is 1.21 bits per heavy atom. The molecule has 2 aromatic carbocycles. The molecule has 0 bridgehead atoms. The summed E-state index contributed by atoms with van der Waals surface area (Å²) < 4.78 is 11.5. The predicted molar refractivity (Wildman–Crippen MR) is 107 cm³/mol. The van der Waals surface area contributed by atoms with Crippen molar-refractivity contribution in [1.82, 2.24) is 0 Å². The summed E-state index contributed by atoms with van der Waals surface area (Å²) in [6.45, 7) is 2.26. The maximum Gasteiger partial charge on any atom is 0.232 e. The Kier molecular flexibility index (Phi) is 4.87. The number of hydrogen-bond acceptors (Lipinski definition) is 7. The Morgan fingerprint density at radius 2 is 2.00 bits per heavy atom. The smallest absolute Gasteiger partial charge is 0.232 e. The lowest BCUT2D eigenvalue weighted by Crippen LogP contribution is -2.06. The van der Waals surface area contributed by atoms with E-state index in [0.717, 1.165) is 16.0 Å². The number of allylic oxidation sites excluding steroid dienone is 1. The van der Waals surface area contributed by atoms with Gasteiger partial charge in [-0.15, -0.1) is 11.3 Å². The van der Waals surface area contributed by atoms with E-state index in [2.05, 4.69) is 0 Å². The van der Waals surface area contributed by atoms with Crippen LogP contribution < -0.4 is 14.7 Å². The number of anilines is 1. The van der Waals surface area contributed by atoms with Crippen LogP contribution in [0.3, 0.4) is 0 Å². The predicted octanol–water partition coefficient (Wildman–Crippen LogP) is 4.95. The minimum atomic E-state index is -0.192. The maximum atomic E-state index is 12.5. The molecule has 3 aromatic rings. The van der Waals surface area contributed by atoms with Crippen LogP contribution in [0.5, 0.6) is 11.5 Å². The third-order valence-electron chi connectivity index (χ3n) is 4.37. The van der Waals surface area contributed by atoms with E-state index >= 15 is 0 Å². The summed E-state index contributed by atoms with van der Waals surface area (Å²) >= 11 is 1.56. The molecule has 1 N–H and O–H groups in total. The van der Waals surface area contributed by atoms with Gasteiger partial charge >= 0.3 is 0 Å². The van der Waals surface area contributed by atoms with Gasteiger partial charge in [0.05, 0.1) is 11.3 Å². The van der Waals surface area contributed by atoms with Crippen molar-refractivity contribution in [3.63, 3.8) is 0 Å². The summed E-state index contributed by atoms with van der Waals surface area (Å²) in [5.74, 6) is 1.20. The molecule has 28 heavy (non-hydrogen) atoms. The molecule has 1 aliphatic rings. The number of fused-ring (bicyclic) bond motifs is 1. The van der Waals surface area contributed by atoms with Crippen molar-refractivity contribution in [2.45, 2.75) is 13.5 Å². The molecule has 2 heterocycles. The molecule has 142 valence electrons. The van der Waals surface area contributed by atoms with Crippen LogP contribution in [0.1, 0.15) is 26.4 Å². The molecule has 0 amide bonds. The molecule has 0 atom stereocenters. The number of nitrogens with zero attached hydrogens (tertiary/aromatic N) is 1. The normalized spacial score (nSPS) is 14.1. The molecule has 1 aliphatic heterocycles. The number of aryl methyl sites for hydroxylation is 1. The second kappa shape index (κ2) is 7.47. The van der Waals surface area contributed by atoms with E-state index in [1.807, 2.05) is 18.4 Å². The van der Waals surface area contributed by atoms with Gasteiger partial charge in [-0.25, -0.2) is 0 Å². The van der Waals surface area contributed by atoms with Gasteiger partial charge in [0.1, 0.15) is 18.1 Å². The van der Waals surface area contributed by atoms with Gasteiger partial charge in [-0.05, 0) is 53.8 Å². The van der Waals surface area contributed by atoms with Crippen LogP contribution in [0.4, 0.5) is 5.69 Å². The highest BCUT2D eigenvalue weighted by Gasteiger charge is 2.28. The summed E-state index contributed by atoms with van der Waals surface area (Å²) in [5, 5.41) is 21.4. The van der Waals surface area contributed by atoms with Gasteiger partial charge < -0.3 is 19.9 Å². The highest BCUT2D eigenvalue weighted by molar-refractivity contribution is 7.11. The monoisotopic (exact) mass is 394 g/mol. The first kappa shape index (κ1) is 18.2. The van der Waals surface area contributed by atoms with Crippen LogP contribution >= 0.6 is 11.3 Å². The topological polar surface area (TPSA) is 82.1 Å². The Bertz CT molecular complexity index is 1050. The van der Waals surface area contributed by atoms with Crippen molar-refractivity contribution >= 4 is 28.9 Å². The zero-order valence-corrected chi connectivity index (χ0v) is 15.7. The van der Waals surface area contributed by atoms with Crippen LogP contribution in [-0.2, 0) is 6.61 Å².